The minimum Gasteiger partial charge on any atom is -0.276 e. The fraction of sp³-hybridized carbons (Fsp3) is 0.235. The van der Waals surface area contributed by atoms with Gasteiger partial charge in [0.2, 0.25) is 11.6 Å². The highest BCUT2D eigenvalue weighted by atomic mass is 15.3. The molecule has 0 saturated carbocycles. The summed E-state index contributed by atoms with van der Waals surface area (Å²) in [4.78, 5) is 10.2. The molecule has 5 nitrogen and oxygen atoms in total. The molecule has 0 saturated heterocycles. The van der Waals surface area contributed by atoms with Gasteiger partial charge in [-0.15, -0.1) is 0 Å². The number of hydrogen-bond donors (Lipinski definition) is 0. The van der Waals surface area contributed by atoms with Crippen molar-refractivity contribution in [1.82, 2.24) is 23.2 Å². The van der Waals surface area contributed by atoms with Crippen molar-refractivity contribution < 1.29 is 0 Å². The lowest BCUT2D eigenvalue weighted by atomic mass is 9.79. The van der Waals surface area contributed by atoms with Crippen LogP contribution in [0.1, 0.15) is 52.7 Å². The van der Waals surface area contributed by atoms with Crippen LogP contribution in [0.15, 0.2) is 78.9 Å². The summed E-state index contributed by atoms with van der Waals surface area (Å²) in [5.74, 6) is 1.80. The molecule has 0 amide bonds. The number of rotatable bonds is 1. The van der Waals surface area contributed by atoms with E-state index in [0.717, 1.165) is 50.2 Å². The van der Waals surface area contributed by atoms with Crippen LogP contribution < -0.4 is 0 Å². The molecule has 5 heteroatoms. The Balaban J connectivity index is 1.58. The zero-order chi connectivity index (χ0) is 26.8. The topological polar surface area (TPSA) is 39.0 Å². The van der Waals surface area contributed by atoms with Gasteiger partial charge in [0, 0.05) is 0 Å². The fourth-order valence-corrected chi connectivity index (χ4v) is 6.09. The number of hydrogen-bond acceptors (Lipinski definition) is 2. The predicted molar refractivity (Wildman–Crippen MR) is 161 cm³/mol. The van der Waals surface area contributed by atoms with E-state index in [0.29, 0.717) is 0 Å². The molecule has 0 unspecified atom stereocenters. The van der Waals surface area contributed by atoms with Crippen LogP contribution in [0, 0.1) is 0 Å². The summed E-state index contributed by atoms with van der Waals surface area (Å²) in [6.07, 6.45) is 0. The first kappa shape index (κ1) is 22.6. The Hall–Kier alpha value is -4.38. The molecule has 192 valence electrons. The van der Waals surface area contributed by atoms with E-state index >= 15 is 0 Å². The molecular weight excluding hydrogens is 478 g/mol. The highest BCUT2D eigenvalue weighted by Crippen LogP contribution is 2.39. The number of benzene rings is 4. The minimum atomic E-state index is 0.0434. The van der Waals surface area contributed by atoms with Crippen molar-refractivity contribution in [2.45, 2.75) is 52.4 Å². The molecule has 0 aliphatic heterocycles. The van der Waals surface area contributed by atoms with E-state index in [4.69, 9.17) is 9.97 Å². The van der Waals surface area contributed by atoms with Crippen LogP contribution >= 0.6 is 0 Å². The Morgan fingerprint density at radius 1 is 0.487 bits per heavy atom. The van der Waals surface area contributed by atoms with Crippen LogP contribution in [-0.4, -0.2) is 23.2 Å². The van der Waals surface area contributed by atoms with Gasteiger partial charge >= 0.3 is 0 Å². The Labute approximate surface area is 226 Å². The summed E-state index contributed by atoms with van der Waals surface area (Å²) >= 11 is 0. The zero-order valence-corrected chi connectivity index (χ0v) is 23.2. The quantitative estimate of drug-likeness (QED) is 0.223. The minimum absolute atomic E-state index is 0.0434. The van der Waals surface area contributed by atoms with Crippen molar-refractivity contribution in [1.29, 1.82) is 0 Å². The van der Waals surface area contributed by atoms with E-state index in [2.05, 4.69) is 134 Å². The number of aromatic nitrogens is 5. The molecule has 0 atom stereocenters. The predicted octanol–water partition coefficient (Wildman–Crippen LogP) is 8.39. The summed E-state index contributed by atoms with van der Waals surface area (Å²) in [5, 5.41) is 0. The monoisotopic (exact) mass is 509 g/mol. The van der Waals surface area contributed by atoms with E-state index < -0.39 is 0 Å². The second-order valence-electron chi connectivity index (χ2n) is 13.0. The molecule has 39 heavy (non-hydrogen) atoms. The van der Waals surface area contributed by atoms with Crippen molar-refractivity contribution in [3.05, 3.63) is 90.0 Å². The van der Waals surface area contributed by atoms with Gasteiger partial charge in [-0.2, -0.15) is 0 Å². The van der Waals surface area contributed by atoms with Gasteiger partial charge in [-0.3, -0.25) is 8.80 Å². The lowest BCUT2D eigenvalue weighted by molar-refractivity contribution is 0.569. The van der Waals surface area contributed by atoms with Crippen molar-refractivity contribution in [3.63, 3.8) is 0 Å². The maximum absolute atomic E-state index is 5.09. The maximum Gasteiger partial charge on any atom is 0.223 e. The molecule has 0 bridgehead atoms. The molecule has 8 rings (SSSR count). The van der Waals surface area contributed by atoms with E-state index in [1.54, 1.807) is 0 Å². The highest BCUT2D eigenvalue weighted by molar-refractivity contribution is 6.06. The summed E-state index contributed by atoms with van der Waals surface area (Å²) in [7, 11) is 0. The van der Waals surface area contributed by atoms with Crippen molar-refractivity contribution >= 4 is 50.2 Å². The Morgan fingerprint density at radius 3 is 1.38 bits per heavy atom. The largest absolute Gasteiger partial charge is 0.276 e. The summed E-state index contributed by atoms with van der Waals surface area (Å²) in [6, 6.07) is 28.6. The normalized spacial score (nSPS) is 13.4. The first-order valence-electron chi connectivity index (χ1n) is 13.7. The van der Waals surface area contributed by atoms with E-state index in [1.165, 1.54) is 22.3 Å². The Bertz CT molecular complexity index is 2090. The van der Waals surface area contributed by atoms with Gasteiger partial charge < -0.3 is 0 Å². The van der Waals surface area contributed by atoms with Crippen molar-refractivity contribution in [2.24, 2.45) is 0 Å². The van der Waals surface area contributed by atoms with Gasteiger partial charge in [0.15, 0.2) is 0 Å². The first-order chi connectivity index (χ1) is 18.6. The van der Waals surface area contributed by atoms with Gasteiger partial charge in [0.25, 0.3) is 0 Å². The summed E-state index contributed by atoms with van der Waals surface area (Å²) in [5.41, 5.74) is 12.9. The third kappa shape index (κ3) is 3.01. The van der Waals surface area contributed by atoms with Crippen LogP contribution in [0.25, 0.3) is 61.3 Å². The first-order valence-corrected chi connectivity index (χ1v) is 13.7. The maximum atomic E-state index is 5.09. The molecular formula is C34H31N5. The third-order valence-corrected chi connectivity index (χ3v) is 8.26. The van der Waals surface area contributed by atoms with Gasteiger partial charge in [0.05, 0.1) is 33.1 Å². The van der Waals surface area contributed by atoms with Gasteiger partial charge in [-0.05, 0) is 69.5 Å². The molecule has 0 aliphatic rings. The zero-order valence-electron chi connectivity index (χ0n) is 23.2. The molecule has 8 aromatic rings. The molecule has 0 fully saturated rings. The molecule has 0 N–H and O–H groups in total. The fourth-order valence-electron chi connectivity index (χ4n) is 6.09. The van der Waals surface area contributed by atoms with Gasteiger partial charge in [-0.25, -0.2) is 14.4 Å². The highest BCUT2D eigenvalue weighted by Gasteiger charge is 2.26. The van der Waals surface area contributed by atoms with E-state index in [-0.39, 0.29) is 10.8 Å². The summed E-state index contributed by atoms with van der Waals surface area (Å²) in [6.45, 7) is 13.8. The Morgan fingerprint density at radius 2 is 0.923 bits per heavy atom. The lowest BCUT2D eigenvalue weighted by Gasteiger charge is -2.26. The molecule has 0 aliphatic carbocycles. The molecule has 4 aromatic carbocycles. The molecule has 4 aromatic heterocycles. The second kappa shape index (κ2) is 7.17. The number of fused-ring (bicyclic) bond motifs is 10. The molecule has 4 heterocycles. The molecule has 0 radical (unpaired) electrons. The smallest absolute Gasteiger partial charge is 0.223 e. The average molecular weight is 510 g/mol. The van der Waals surface area contributed by atoms with Gasteiger partial charge in [0.1, 0.15) is 5.52 Å². The number of imidazole rings is 4. The second-order valence-corrected chi connectivity index (χ2v) is 13.0. The SMILES string of the molecule is CC(C)(C)c1cc(-c2cc3c4c(c2)n2c5ccccc5nc2n4c2nc4ccccc4n32)cc(C(C)(C)C)c1. The number of nitrogens with zero attached hydrogens (tertiary/aromatic N) is 5. The van der Waals surface area contributed by atoms with Crippen molar-refractivity contribution in [2.75, 3.05) is 0 Å². The van der Waals surface area contributed by atoms with Crippen LogP contribution in [0.4, 0.5) is 0 Å². The van der Waals surface area contributed by atoms with Gasteiger partial charge in [-0.1, -0.05) is 84.0 Å². The van der Waals surface area contributed by atoms with Crippen LogP contribution in [0.2, 0.25) is 0 Å². The van der Waals surface area contributed by atoms with Crippen LogP contribution in [0.3, 0.4) is 0 Å². The third-order valence-electron chi connectivity index (χ3n) is 8.26. The Kier molecular flexibility index (Phi) is 4.15. The average Bonchev–Trinajstić information content (AvgIpc) is 3.61. The molecule has 0 spiro atoms. The lowest BCUT2D eigenvalue weighted by Crippen LogP contribution is -2.16. The van der Waals surface area contributed by atoms with Crippen LogP contribution in [0.5, 0.6) is 0 Å². The van der Waals surface area contributed by atoms with Crippen LogP contribution in [-0.2, 0) is 10.8 Å². The number of para-hydroxylation sites is 4. The van der Waals surface area contributed by atoms with E-state index in [9.17, 15) is 0 Å². The van der Waals surface area contributed by atoms with E-state index in [1.807, 2.05) is 0 Å². The summed E-state index contributed by atoms with van der Waals surface area (Å²) < 4.78 is 6.85. The standard InChI is InChI=1S/C34H31N5/c1-33(2,3)22-15-20(16-23(19-22)34(4,5)6)21-17-28-30-29(18-21)38-27-14-10-8-12-25(27)36-32(38)39(30)31-35-24-11-7-9-13-26(24)37(28)31/h7-19H,1-6H3. The van der Waals surface area contributed by atoms with Crippen molar-refractivity contribution in [3.8, 4) is 11.1 Å².